The summed E-state index contributed by atoms with van der Waals surface area (Å²) in [5.74, 6) is 0.548. The Morgan fingerprint density at radius 2 is 1.96 bits per heavy atom. The Hall–Kier alpha value is -2.40. The van der Waals surface area contributed by atoms with Gasteiger partial charge in [-0.25, -0.2) is 9.79 Å². The highest BCUT2D eigenvalue weighted by Crippen LogP contribution is 2.27. The third kappa shape index (κ3) is 3.57. The number of aryl methyl sites for hydroxylation is 1. The van der Waals surface area contributed by atoms with Crippen LogP contribution in [-0.2, 0) is 9.53 Å². The van der Waals surface area contributed by atoms with Gasteiger partial charge < -0.3 is 9.47 Å². The number of esters is 1. The van der Waals surface area contributed by atoms with Crippen LogP contribution in [0.4, 0.5) is 0 Å². The summed E-state index contributed by atoms with van der Waals surface area (Å²) in [6.07, 6.45) is 1.68. The lowest BCUT2D eigenvalue weighted by Gasteiger charge is -2.07. The molecule has 1 aliphatic rings. The van der Waals surface area contributed by atoms with E-state index in [1.54, 1.807) is 6.08 Å². The summed E-state index contributed by atoms with van der Waals surface area (Å²) in [5.41, 5.74) is 2.93. The molecule has 5 heteroatoms. The normalized spacial score (nSPS) is 15.4. The first-order valence-electron chi connectivity index (χ1n) is 7.59. The summed E-state index contributed by atoms with van der Waals surface area (Å²) in [5, 5.41) is 0. The van der Waals surface area contributed by atoms with Gasteiger partial charge in [-0.2, -0.15) is 0 Å². The zero-order valence-corrected chi connectivity index (χ0v) is 15.0. The molecule has 0 amide bonds. The summed E-state index contributed by atoms with van der Waals surface area (Å²) in [7, 11) is 0. The molecule has 1 heterocycles. The number of benzene rings is 2. The van der Waals surface area contributed by atoms with Gasteiger partial charge in [0.15, 0.2) is 5.70 Å². The van der Waals surface area contributed by atoms with Crippen LogP contribution in [0.2, 0.25) is 0 Å². The molecule has 2 aromatic rings. The molecule has 0 unspecified atom stereocenters. The topological polar surface area (TPSA) is 47.9 Å². The molecular weight excluding hydrogens is 370 g/mol. The van der Waals surface area contributed by atoms with E-state index in [2.05, 4.69) is 20.9 Å². The highest BCUT2D eigenvalue weighted by Gasteiger charge is 2.24. The summed E-state index contributed by atoms with van der Waals surface area (Å²) < 4.78 is 11.8. The summed E-state index contributed by atoms with van der Waals surface area (Å²) in [4.78, 5) is 16.5. The standard InChI is InChI=1S/C19H16BrNO3/c1-3-23-17-9-8-15(20)10-14(17)11-16-19(22)24-18(21-16)13-6-4-12(2)5-7-13/h4-11H,3H2,1-2H3. The Balaban J connectivity index is 1.97. The number of hydrogen-bond donors (Lipinski definition) is 0. The fourth-order valence-corrected chi connectivity index (χ4v) is 2.67. The number of halogens is 1. The zero-order valence-electron chi connectivity index (χ0n) is 13.4. The van der Waals surface area contributed by atoms with Gasteiger partial charge in [0, 0.05) is 15.6 Å². The van der Waals surface area contributed by atoms with Crippen molar-refractivity contribution in [3.8, 4) is 5.75 Å². The predicted molar refractivity (Wildman–Crippen MR) is 97.1 cm³/mol. The van der Waals surface area contributed by atoms with Crippen LogP contribution in [0.1, 0.15) is 23.6 Å². The Kier molecular flexibility index (Phi) is 4.81. The highest BCUT2D eigenvalue weighted by atomic mass is 79.9. The second-order valence-electron chi connectivity index (χ2n) is 5.32. The largest absolute Gasteiger partial charge is 0.493 e. The molecular formula is C19H16BrNO3. The second kappa shape index (κ2) is 7.01. The van der Waals surface area contributed by atoms with Gasteiger partial charge in [0.25, 0.3) is 0 Å². The van der Waals surface area contributed by atoms with Crippen molar-refractivity contribution in [3.63, 3.8) is 0 Å². The van der Waals surface area contributed by atoms with Crippen molar-refractivity contribution in [2.75, 3.05) is 6.61 Å². The number of aliphatic imine (C=N–C) groups is 1. The fraction of sp³-hybridized carbons (Fsp3) is 0.158. The van der Waals surface area contributed by atoms with Crippen molar-refractivity contribution in [1.29, 1.82) is 0 Å². The number of ether oxygens (including phenoxy) is 2. The maximum absolute atomic E-state index is 12.1. The van der Waals surface area contributed by atoms with E-state index in [0.29, 0.717) is 18.3 Å². The lowest BCUT2D eigenvalue weighted by molar-refractivity contribution is -0.129. The third-order valence-electron chi connectivity index (χ3n) is 3.48. The van der Waals surface area contributed by atoms with Crippen molar-refractivity contribution in [3.05, 3.63) is 69.3 Å². The first kappa shape index (κ1) is 16.5. The van der Waals surface area contributed by atoms with Gasteiger partial charge >= 0.3 is 5.97 Å². The van der Waals surface area contributed by atoms with Crippen LogP contribution in [0, 0.1) is 6.92 Å². The molecule has 0 spiro atoms. The van der Waals surface area contributed by atoms with E-state index in [4.69, 9.17) is 9.47 Å². The summed E-state index contributed by atoms with van der Waals surface area (Å²) in [6, 6.07) is 13.3. The van der Waals surface area contributed by atoms with Crippen LogP contribution in [0.3, 0.4) is 0 Å². The molecule has 0 atom stereocenters. The third-order valence-corrected chi connectivity index (χ3v) is 3.98. The van der Waals surface area contributed by atoms with Crippen LogP contribution in [-0.4, -0.2) is 18.5 Å². The number of hydrogen-bond acceptors (Lipinski definition) is 4. The van der Waals surface area contributed by atoms with Gasteiger partial charge in [0.1, 0.15) is 5.75 Å². The quantitative estimate of drug-likeness (QED) is 0.574. The van der Waals surface area contributed by atoms with E-state index >= 15 is 0 Å². The van der Waals surface area contributed by atoms with Crippen LogP contribution in [0.15, 0.2) is 57.6 Å². The van der Waals surface area contributed by atoms with Gasteiger partial charge in [-0.1, -0.05) is 33.6 Å². The Morgan fingerprint density at radius 1 is 1.21 bits per heavy atom. The number of carbonyl (C=O) groups is 1. The molecule has 0 fully saturated rings. The minimum atomic E-state index is -0.465. The van der Waals surface area contributed by atoms with Crippen molar-refractivity contribution < 1.29 is 14.3 Å². The zero-order chi connectivity index (χ0) is 17.1. The molecule has 122 valence electrons. The van der Waals surface area contributed by atoms with Gasteiger partial charge in [0.2, 0.25) is 5.90 Å². The molecule has 0 saturated carbocycles. The predicted octanol–water partition coefficient (Wildman–Crippen LogP) is 4.50. The molecule has 0 N–H and O–H groups in total. The minimum Gasteiger partial charge on any atom is -0.493 e. The van der Waals surface area contributed by atoms with Crippen LogP contribution >= 0.6 is 15.9 Å². The highest BCUT2D eigenvalue weighted by molar-refractivity contribution is 9.10. The molecule has 0 aliphatic carbocycles. The Labute approximate surface area is 148 Å². The minimum absolute atomic E-state index is 0.254. The molecule has 0 saturated heterocycles. The first-order valence-corrected chi connectivity index (χ1v) is 8.38. The smallest absolute Gasteiger partial charge is 0.363 e. The first-order chi connectivity index (χ1) is 11.6. The van der Waals surface area contributed by atoms with Crippen LogP contribution in [0.25, 0.3) is 6.08 Å². The number of nitrogens with zero attached hydrogens (tertiary/aromatic N) is 1. The van der Waals surface area contributed by atoms with Gasteiger partial charge in [-0.15, -0.1) is 0 Å². The van der Waals surface area contributed by atoms with Crippen molar-refractivity contribution in [1.82, 2.24) is 0 Å². The molecule has 3 rings (SSSR count). The van der Waals surface area contributed by atoms with Gasteiger partial charge in [-0.05, 0) is 50.3 Å². The maximum atomic E-state index is 12.1. The summed E-state index contributed by atoms with van der Waals surface area (Å²) in [6.45, 7) is 4.46. The van der Waals surface area contributed by atoms with E-state index in [1.807, 2.05) is 56.3 Å². The van der Waals surface area contributed by atoms with E-state index < -0.39 is 5.97 Å². The molecule has 24 heavy (non-hydrogen) atoms. The maximum Gasteiger partial charge on any atom is 0.363 e. The molecule has 1 aliphatic heterocycles. The van der Waals surface area contributed by atoms with E-state index in [-0.39, 0.29) is 5.70 Å². The fourth-order valence-electron chi connectivity index (χ4n) is 2.30. The van der Waals surface area contributed by atoms with Gasteiger partial charge in [0.05, 0.1) is 6.61 Å². The number of cyclic esters (lactones) is 1. The molecule has 2 aromatic carbocycles. The van der Waals surface area contributed by atoms with E-state index in [1.165, 1.54) is 0 Å². The van der Waals surface area contributed by atoms with E-state index in [0.717, 1.165) is 21.2 Å². The van der Waals surface area contributed by atoms with Crippen molar-refractivity contribution in [2.24, 2.45) is 4.99 Å². The Morgan fingerprint density at radius 3 is 2.67 bits per heavy atom. The molecule has 0 radical (unpaired) electrons. The number of carbonyl (C=O) groups excluding carboxylic acids is 1. The lowest BCUT2D eigenvalue weighted by atomic mass is 10.1. The van der Waals surface area contributed by atoms with E-state index in [9.17, 15) is 4.79 Å². The second-order valence-corrected chi connectivity index (χ2v) is 6.23. The lowest BCUT2D eigenvalue weighted by Crippen LogP contribution is -2.05. The van der Waals surface area contributed by atoms with Gasteiger partial charge in [-0.3, -0.25) is 0 Å². The van der Waals surface area contributed by atoms with Crippen molar-refractivity contribution >= 4 is 33.9 Å². The van der Waals surface area contributed by atoms with Crippen molar-refractivity contribution in [2.45, 2.75) is 13.8 Å². The average Bonchev–Trinajstić information content (AvgIpc) is 2.92. The SMILES string of the molecule is CCOc1ccc(Br)cc1C=C1N=C(c2ccc(C)cc2)OC1=O. The average molecular weight is 386 g/mol. The Bertz CT molecular complexity index is 838. The molecule has 0 aromatic heterocycles. The monoisotopic (exact) mass is 385 g/mol. The van der Waals surface area contributed by atoms with Crippen LogP contribution in [0.5, 0.6) is 5.75 Å². The molecule has 4 nitrogen and oxygen atoms in total. The number of rotatable bonds is 4. The van der Waals surface area contributed by atoms with Crippen LogP contribution < -0.4 is 4.74 Å². The molecule has 0 bridgehead atoms. The summed E-state index contributed by atoms with van der Waals surface area (Å²) >= 11 is 3.43.